The molecule has 15 saturated carbocycles. The minimum atomic E-state index is -3.88. The number of ether oxygens (including phenoxy) is 7. The quantitative estimate of drug-likeness (QED) is 0.0476. The second kappa shape index (κ2) is 41.6. The van der Waals surface area contributed by atoms with Gasteiger partial charge in [-0.2, -0.15) is 8.42 Å². The van der Waals surface area contributed by atoms with Crippen molar-refractivity contribution in [3.63, 3.8) is 0 Å². The molecule has 33 atom stereocenters. The Morgan fingerprint density at radius 1 is 0.400 bits per heavy atom. The molecule has 6 N–H and O–H groups in total. The summed E-state index contributed by atoms with van der Waals surface area (Å²) in [6.45, 7) is 10.5. The van der Waals surface area contributed by atoms with Gasteiger partial charge in [0.1, 0.15) is 11.5 Å². The van der Waals surface area contributed by atoms with Crippen molar-refractivity contribution in [1.82, 2.24) is 0 Å². The minimum Gasteiger partial charge on any atom is -0.501 e. The van der Waals surface area contributed by atoms with Gasteiger partial charge in [0.25, 0.3) is 10.1 Å². The summed E-state index contributed by atoms with van der Waals surface area (Å²) in [5, 5.41) is 62.4. The van der Waals surface area contributed by atoms with E-state index in [0.717, 1.165) is 247 Å². The molecular formula is C123H168BrIO19S. The van der Waals surface area contributed by atoms with Crippen LogP contribution >= 0.6 is 38.5 Å². The first-order valence-corrected chi connectivity index (χ1v) is 61.3. The molecule has 2 saturated heterocycles. The molecule has 2 spiro atoms. The predicted molar refractivity (Wildman–Crippen MR) is 569 cm³/mol. The monoisotopic (exact) mass is 2190 g/mol. The zero-order valence-electron chi connectivity index (χ0n) is 87.7. The maximum atomic E-state index is 12.8. The number of rotatable bonds is 10. The summed E-state index contributed by atoms with van der Waals surface area (Å²) in [5.41, 5.74) is 13.6. The molecule has 0 radical (unpaired) electrons. The van der Waals surface area contributed by atoms with Crippen LogP contribution in [0.25, 0.3) is 0 Å². The summed E-state index contributed by atoms with van der Waals surface area (Å²) in [4.78, 5) is 35.4. The summed E-state index contributed by atoms with van der Waals surface area (Å²) in [7, 11) is 1.43. The zero-order chi connectivity index (χ0) is 101. The van der Waals surface area contributed by atoms with E-state index < -0.39 is 33.2 Å². The van der Waals surface area contributed by atoms with Gasteiger partial charge in [0, 0.05) is 67.1 Å². The van der Waals surface area contributed by atoms with E-state index in [1.807, 2.05) is 25.3 Å². The van der Waals surface area contributed by atoms with Crippen LogP contribution in [-0.4, -0.2) is 163 Å². The van der Waals surface area contributed by atoms with Crippen molar-refractivity contribution < 1.29 is 90.8 Å². The minimum absolute atomic E-state index is 0.0479. The Morgan fingerprint density at radius 2 is 0.793 bits per heavy atom. The predicted octanol–water partition coefficient (Wildman–Crippen LogP) is 23.5. The van der Waals surface area contributed by atoms with E-state index in [9.17, 15) is 53.4 Å². The highest BCUT2D eigenvalue weighted by Gasteiger charge is 2.67. The van der Waals surface area contributed by atoms with Crippen molar-refractivity contribution in [1.29, 1.82) is 0 Å². The van der Waals surface area contributed by atoms with Crippen LogP contribution in [0.4, 0.5) is 0 Å². The van der Waals surface area contributed by atoms with Crippen molar-refractivity contribution in [2.45, 2.75) is 375 Å². The van der Waals surface area contributed by atoms with E-state index in [2.05, 4.69) is 109 Å². The molecule has 0 aromatic heterocycles. The SMILES string of the molecule is COC1=CCC2=C(CCC3C2CC[C@]24COC(C)(C)O[C@H]2CCC34)C1.COc1ccc2c(c1)CCC1C2CC[C@@]2(CO)C1CC[C@@H]2O.COc1ccc2c(c1)CCC1C2CC[C@]23COC(C)(C)O[C@H]2CCC13.O=C1C=C2CCC3C(CC[C@@]4(CI)C3CC[C@@H]4O)C2CC1.O=C1C=C2CCC3C(CC[C@@]4(CO)C3CC[C@@H]4O)C2CC1.O=C1C=C2CCC3C(CC[C@@]4(COS(=O)(=O)c5ccc(Br)cc5)C3CC[C@@H]4O)C2CC1. The van der Waals surface area contributed by atoms with Gasteiger partial charge in [-0.3, -0.25) is 18.6 Å². The summed E-state index contributed by atoms with van der Waals surface area (Å²) in [5.74, 6) is 17.0. The number of aryl methyl sites for hydroxylation is 2. The average molecular weight is 2190 g/mol. The first-order valence-electron chi connectivity index (χ1n) is 57.6. The van der Waals surface area contributed by atoms with Gasteiger partial charge >= 0.3 is 0 Å². The molecule has 27 rings (SSSR count). The molecule has 17 fully saturated rings. The van der Waals surface area contributed by atoms with E-state index in [1.165, 1.54) is 160 Å². The largest absolute Gasteiger partial charge is 0.501 e. The van der Waals surface area contributed by atoms with Crippen LogP contribution in [0, 0.1) is 145 Å². The number of carbonyl (C=O) groups excluding carboxylic acids is 3. The van der Waals surface area contributed by atoms with Crippen molar-refractivity contribution >= 4 is 66.0 Å². The molecule has 145 heavy (non-hydrogen) atoms. The van der Waals surface area contributed by atoms with E-state index in [1.54, 1.807) is 43.1 Å². The number of alkyl halides is 1. The summed E-state index contributed by atoms with van der Waals surface area (Å²) in [6.07, 6.45) is 55.6. The smallest absolute Gasteiger partial charge is 0.296 e. The lowest BCUT2D eigenvalue weighted by Gasteiger charge is -2.56. The number of halogens is 2. The topological polar surface area (TPSA) is 281 Å². The van der Waals surface area contributed by atoms with Gasteiger partial charge < -0.3 is 63.8 Å². The van der Waals surface area contributed by atoms with Gasteiger partial charge in [-0.1, -0.05) is 78.5 Å². The molecular weight excluding hydrogens is 2020 g/mol. The van der Waals surface area contributed by atoms with E-state index >= 15 is 0 Å². The highest BCUT2D eigenvalue weighted by atomic mass is 127. The average Bonchev–Trinajstić information content (AvgIpc) is 1.64. The normalized spacial score (nSPS) is 43.2. The van der Waals surface area contributed by atoms with E-state index in [0.29, 0.717) is 107 Å². The Hall–Kier alpha value is -4.51. The lowest BCUT2D eigenvalue weighted by Crippen LogP contribution is -2.56. The fraction of sp³-hybridized carbons (Fsp3) is 0.748. The highest BCUT2D eigenvalue weighted by molar-refractivity contribution is 14.1. The summed E-state index contributed by atoms with van der Waals surface area (Å²) in [6, 6.07) is 19.7. The summed E-state index contributed by atoms with van der Waals surface area (Å²) >= 11 is 5.84. The molecule has 2 heterocycles. The fourth-order valence-electron chi connectivity index (χ4n) is 38.9. The molecule has 19 nitrogen and oxygen atoms in total. The Morgan fingerprint density at radius 3 is 1.26 bits per heavy atom. The fourth-order valence-corrected chi connectivity index (χ4v) is 41.6. The first kappa shape index (κ1) is 105. The third kappa shape index (κ3) is 18.7. The van der Waals surface area contributed by atoms with Crippen LogP contribution in [0.15, 0.2) is 128 Å². The van der Waals surface area contributed by atoms with Crippen molar-refractivity contribution in [2.24, 2.45) is 145 Å². The van der Waals surface area contributed by atoms with Crippen LogP contribution in [0.3, 0.4) is 0 Å². The van der Waals surface area contributed by atoms with Crippen molar-refractivity contribution in [2.75, 3.05) is 58.8 Å². The number of benzene rings is 3. The second-order valence-corrected chi connectivity index (χ2v) is 54.8. The number of hydrogen-bond donors (Lipinski definition) is 6. The number of aliphatic hydroxyl groups is 6. The third-order valence-corrected chi connectivity index (χ3v) is 48.9. The molecule has 794 valence electrons. The van der Waals surface area contributed by atoms with E-state index in [-0.39, 0.29) is 76.4 Å². The molecule has 0 amide bonds. The van der Waals surface area contributed by atoms with E-state index in [4.69, 9.17) is 37.3 Å². The van der Waals surface area contributed by atoms with Gasteiger partial charge in [-0.15, -0.1) is 0 Å². The molecule has 3 aromatic carbocycles. The Labute approximate surface area is 885 Å². The van der Waals surface area contributed by atoms with Gasteiger partial charge in [-0.25, -0.2) is 0 Å². The number of fused-ring (bicyclic) bond motifs is 27. The molecule has 0 bridgehead atoms. The van der Waals surface area contributed by atoms with Crippen molar-refractivity contribution in [3.05, 3.63) is 145 Å². The summed E-state index contributed by atoms with van der Waals surface area (Å²) < 4.78 is 74.7. The molecule has 2 aliphatic heterocycles. The number of aliphatic hydroxyl groups excluding tert-OH is 6. The number of carbonyl (C=O) groups is 3. The molecule has 21 unspecified atom stereocenters. The second-order valence-electron chi connectivity index (χ2n) is 51.5. The maximum Gasteiger partial charge on any atom is 0.296 e. The highest BCUT2D eigenvalue weighted by Crippen LogP contribution is 2.71. The lowest BCUT2D eigenvalue weighted by atomic mass is 9.52. The lowest BCUT2D eigenvalue weighted by molar-refractivity contribution is -0.323. The van der Waals surface area contributed by atoms with Gasteiger partial charge in [0.2, 0.25) is 0 Å². The maximum absolute atomic E-state index is 12.8. The Bertz CT molecular complexity index is 5480. The number of hydrogen-bond acceptors (Lipinski definition) is 19. The number of ketones is 3. The number of allylic oxidation sites excluding steroid dienone is 6. The standard InChI is InChI=1S/C24H29BrO5S.C22H32O3.C22H30O3.C19H26O3.C18H25IO2.C18H26O3/c25-16-2-5-18(6-3-16)31(28,29)30-14-24-12-11-20-19-8-4-17(26)13-15(19)1-7-21(20)22(24)9-10-23(24)27;2*1-21(2)24-13-22-11-10-17-16-7-5-15(23-3)12-14(16)4-6-18(17)19(22)8-9-20(22)25-21;1-22-13-3-5-14-12(10-13)2-4-16-15(14)8-9-19(11-20)17(16)6-7-18(19)21;2*19-10-18-8-7-14-13-4-2-12(20)9-11(13)1-3-15(14)16(18)5-6-17(18)21/h2-3,5-6,13,19-23,27H,1,4,7-12,14H2;5,17-20H,4,6-13H2,1-3H3;5,7,12,17-20H,4,6,8-11,13H2,1-3H3;3,5,10,15-18,20-21H,2,4,6-9,11H2,1H3;9,13-17,21H,1-8,10H2;9,13-17,19,21H,1-8,10H2/t19?,20?,21?,22?,23-,24+;2*17?,18?,19?,20-,22+;15?,16?,17?,18-,19+;2*13?,14?,15?,16?,17-,18+/m000000/s1. The third-order valence-electron chi connectivity index (χ3n) is 45.7. The Balaban J connectivity index is 0.0000000997. The van der Waals surface area contributed by atoms with Crippen LogP contribution in [0.5, 0.6) is 11.5 Å². The molecule has 3 aromatic rings. The zero-order valence-corrected chi connectivity index (χ0v) is 92.2. The molecule has 22 aliphatic carbocycles. The van der Waals surface area contributed by atoms with Crippen LogP contribution in [-0.2, 0) is 65.2 Å². The number of methoxy groups -OCH3 is 3. The van der Waals surface area contributed by atoms with Crippen LogP contribution in [0.2, 0.25) is 0 Å². The van der Waals surface area contributed by atoms with Crippen molar-refractivity contribution in [3.8, 4) is 11.5 Å². The van der Waals surface area contributed by atoms with Gasteiger partial charge in [-0.05, 0) is 504 Å². The van der Waals surface area contributed by atoms with Crippen LogP contribution in [0.1, 0.15) is 331 Å². The van der Waals surface area contributed by atoms with Gasteiger partial charge in [0.15, 0.2) is 28.9 Å². The Kier molecular flexibility index (Phi) is 30.1. The van der Waals surface area contributed by atoms with Crippen LogP contribution < -0.4 is 9.47 Å². The first-order chi connectivity index (χ1) is 69.8. The molecule has 24 aliphatic rings. The van der Waals surface area contributed by atoms with Gasteiger partial charge in [0.05, 0.1) is 102 Å². The molecule has 22 heteroatoms.